The third-order valence-corrected chi connectivity index (χ3v) is 14.7. The van der Waals surface area contributed by atoms with E-state index < -0.39 is 0 Å². The summed E-state index contributed by atoms with van der Waals surface area (Å²) in [5.74, 6) is 1.51. The molecule has 1 atom stereocenters. The monoisotopic (exact) mass is 923 g/mol. The summed E-state index contributed by atoms with van der Waals surface area (Å²) in [5.41, 5.74) is 17.9. The molecule has 8 aromatic rings. The van der Waals surface area contributed by atoms with Gasteiger partial charge < -0.3 is 25.5 Å². The Morgan fingerprint density at radius 3 is 1.42 bits per heavy atom. The van der Waals surface area contributed by atoms with Crippen molar-refractivity contribution >= 4 is 33.7 Å². The second kappa shape index (κ2) is 17.6. The summed E-state index contributed by atoms with van der Waals surface area (Å²) in [5, 5.41) is 2.13. The topological polar surface area (TPSA) is 137 Å². The maximum atomic E-state index is 13.2. The SMILES string of the molecule is CC(C)N1c2nc(-c3c[nH]c4ccc(-c5ccc(CN)cc5)cc34)cc(=O)n2CC1(C)C.CC(c1ccc(-c2ccc3[nH]cc(-c4cc(=O)n5c(n4)N(C(C)C)C(C)(C)C5)c3c2)cc1)N1CCCC1. The lowest BCUT2D eigenvalue weighted by molar-refractivity contribution is 0.263. The molecule has 1 fully saturated rings. The van der Waals surface area contributed by atoms with E-state index in [4.69, 9.17) is 15.7 Å². The van der Waals surface area contributed by atoms with Crippen LogP contribution in [0.3, 0.4) is 0 Å². The molecule has 1 unspecified atom stereocenters. The van der Waals surface area contributed by atoms with Crippen LogP contribution in [0.4, 0.5) is 11.9 Å². The molecule has 69 heavy (non-hydrogen) atoms. The van der Waals surface area contributed by atoms with Gasteiger partial charge in [0.15, 0.2) is 0 Å². The van der Waals surface area contributed by atoms with Crippen LogP contribution in [0.5, 0.6) is 0 Å². The summed E-state index contributed by atoms with van der Waals surface area (Å²) in [6.07, 6.45) is 6.54. The lowest BCUT2D eigenvalue weighted by Crippen LogP contribution is -2.45. The van der Waals surface area contributed by atoms with Crippen molar-refractivity contribution in [1.82, 2.24) is 34.0 Å². The molecule has 7 heterocycles. The highest BCUT2D eigenvalue weighted by molar-refractivity contribution is 5.98. The molecular formula is C57H66N10O2. The molecule has 0 saturated carbocycles. The van der Waals surface area contributed by atoms with E-state index in [9.17, 15) is 9.59 Å². The Balaban J connectivity index is 0.000000162. The Morgan fingerprint density at radius 1 is 0.580 bits per heavy atom. The predicted molar refractivity (Wildman–Crippen MR) is 283 cm³/mol. The zero-order chi connectivity index (χ0) is 48.5. The van der Waals surface area contributed by atoms with E-state index in [1.54, 1.807) is 16.7 Å². The molecule has 3 aliphatic rings. The molecule has 4 aromatic carbocycles. The number of H-pyrrole nitrogens is 2. The number of hydrogen-bond donors (Lipinski definition) is 3. The molecule has 0 aliphatic carbocycles. The summed E-state index contributed by atoms with van der Waals surface area (Å²) in [6, 6.07) is 34.5. The number of aromatic nitrogens is 6. The van der Waals surface area contributed by atoms with Gasteiger partial charge in [0.05, 0.1) is 35.6 Å². The second-order valence-corrected chi connectivity index (χ2v) is 21.2. The molecule has 4 N–H and O–H groups in total. The Kier molecular flexibility index (Phi) is 11.8. The van der Waals surface area contributed by atoms with Crippen LogP contribution in [0.1, 0.15) is 92.3 Å². The van der Waals surface area contributed by atoms with Crippen LogP contribution in [-0.2, 0) is 19.6 Å². The number of nitrogens with two attached hydrogens (primary N) is 1. The zero-order valence-electron chi connectivity index (χ0n) is 41.6. The molecular weight excluding hydrogens is 857 g/mol. The first-order valence-electron chi connectivity index (χ1n) is 24.7. The number of rotatable bonds is 9. The molecule has 356 valence electrons. The van der Waals surface area contributed by atoms with Crippen LogP contribution in [0.2, 0.25) is 0 Å². The van der Waals surface area contributed by atoms with Crippen LogP contribution in [-0.4, -0.2) is 70.2 Å². The second-order valence-electron chi connectivity index (χ2n) is 21.2. The molecule has 0 radical (unpaired) electrons. The number of hydrogen-bond acceptors (Lipinski definition) is 8. The molecule has 12 heteroatoms. The lowest BCUT2D eigenvalue weighted by atomic mass is 9.99. The Hall–Kier alpha value is -6.76. The van der Waals surface area contributed by atoms with Crippen LogP contribution >= 0.6 is 0 Å². The maximum Gasteiger partial charge on any atom is 0.255 e. The van der Waals surface area contributed by atoms with Crippen molar-refractivity contribution in [1.29, 1.82) is 0 Å². The minimum Gasteiger partial charge on any atom is -0.360 e. The van der Waals surface area contributed by atoms with Gasteiger partial charge >= 0.3 is 0 Å². The smallest absolute Gasteiger partial charge is 0.255 e. The minimum absolute atomic E-state index is 0.00411. The van der Waals surface area contributed by atoms with Crippen molar-refractivity contribution in [2.45, 2.75) is 124 Å². The molecule has 4 aromatic heterocycles. The van der Waals surface area contributed by atoms with Gasteiger partial charge in [-0.25, -0.2) is 9.97 Å². The van der Waals surface area contributed by atoms with Crippen LogP contribution in [0, 0.1) is 0 Å². The summed E-state index contributed by atoms with van der Waals surface area (Å²) in [6.45, 7) is 23.8. The number of aromatic amines is 2. The quantitative estimate of drug-likeness (QED) is 0.130. The van der Waals surface area contributed by atoms with Gasteiger partial charge in [-0.1, -0.05) is 60.7 Å². The molecule has 0 amide bonds. The van der Waals surface area contributed by atoms with Gasteiger partial charge in [0.1, 0.15) is 0 Å². The van der Waals surface area contributed by atoms with Gasteiger partial charge in [-0.3, -0.25) is 23.6 Å². The summed E-state index contributed by atoms with van der Waals surface area (Å²) in [7, 11) is 0. The Labute approximate surface area is 404 Å². The van der Waals surface area contributed by atoms with E-state index in [1.807, 2.05) is 17.0 Å². The highest BCUT2D eigenvalue weighted by Gasteiger charge is 2.41. The molecule has 11 rings (SSSR count). The predicted octanol–water partition coefficient (Wildman–Crippen LogP) is 10.7. The summed E-state index contributed by atoms with van der Waals surface area (Å²) < 4.78 is 3.61. The standard InChI is InChI=1S/C31H37N5O.C26H29N5O/c1-20(2)36-30-33-28(17-29(37)35(30)19-31(36,4)5)26-18-32-27-13-12-24(16-25(26)27)23-10-8-22(9-11-23)21(3)34-14-6-7-15-34;1-16(2)31-25-29-23(12-24(32)30(25)15-26(31,3)4)21-14-28-22-10-9-19(11-20(21)22)18-7-5-17(13-27)6-8-18/h8-13,16-18,20-21,32H,6-7,14-15,19H2,1-5H3;5-12,14,16,28H,13,15,27H2,1-4H3. The van der Waals surface area contributed by atoms with Gasteiger partial charge in [0, 0.05) is 82.1 Å². The highest BCUT2D eigenvalue weighted by atomic mass is 16.1. The third-order valence-electron chi connectivity index (χ3n) is 14.7. The van der Waals surface area contributed by atoms with Crippen molar-refractivity contribution in [3.63, 3.8) is 0 Å². The van der Waals surface area contributed by atoms with Gasteiger partial charge in [-0.15, -0.1) is 0 Å². The average Bonchev–Trinajstić information content (AvgIpc) is 4.17. The van der Waals surface area contributed by atoms with Crippen LogP contribution in [0.15, 0.2) is 119 Å². The van der Waals surface area contributed by atoms with Gasteiger partial charge in [-0.2, -0.15) is 0 Å². The largest absolute Gasteiger partial charge is 0.360 e. The first-order valence-corrected chi connectivity index (χ1v) is 24.7. The first kappa shape index (κ1) is 46.0. The fourth-order valence-corrected chi connectivity index (χ4v) is 11.4. The lowest BCUT2D eigenvalue weighted by Gasteiger charge is -2.35. The number of benzene rings is 4. The average molecular weight is 923 g/mol. The zero-order valence-corrected chi connectivity index (χ0v) is 41.6. The van der Waals surface area contributed by atoms with Crippen molar-refractivity contribution in [2.24, 2.45) is 5.73 Å². The van der Waals surface area contributed by atoms with Gasteiger partial charge in [0.25, 0.3) is 11.1 Å². The van der Waals surface area contributed by atoms with E-state index in [0.717, 1.165) is 72.8 Å². The van der Waals surface area contributed by atoms with Crippen LogP contribution in [0.25, 0.3) is 66.6 Å². The van der Waals surface area contributed by atoms with E-state index >= 15 is 0 Å². The molecule has 1 saturated heterocycles. The minimum atomic E-state index is -0.158. The number of fused-ring (bicyclic) bond motifs is 4. The number of nitrogens with zero attached hydrogens (tertiary/aromatic N) is 7. The molecule has 3 aliphatic heterocycles. The summed E-state index contributed by atoms with van der Waals surface area (Å²) >= 11 is 0. The van der Waals surface area contributed by atoms with E-state index in [-0.39, 0.29) is 34.3 Å². The Bertz CT molecular complexity index is 3310. The third kappa shape index (κ3) is 8.37. The Morgan fingerprint density at radius 2 is 1.00 bits per heavy atom. The highest BCUT2D eigenvalue weighted by Crippen LogP contribution is 2.39. The fourth-order valence-electron chi connectivity index (χ4n) is 11.4. The fraction of sp³-hybridized carbons (Fsp3) is 0.368. The van der Waals surface area contributed by atoms with E-state index in [2.05, 4.69) is 172 Å². The maximum absolute atomic E-state index is 13.2. The molecule has 0 spiro atoms. The van der Waals surface area contributed by atoms with Gasteiger partial charge in [-0.05, 0) is 146 Å². The first-order chi connectivity index (χ1) is 33.0. The number of likely N-dealkylation sites (tertiary alicyclic amines) is 1. The molecule has 0 bridgehead atoms. The van der Waals surface area contributed by atoms with Crippen molar-refractivity contribution in [2.75, 3.05) is 22.9 Å². The number of anilines is 2. The van der Waals surface area contributed by atoms with Crippen molar-refractivity contribution in [3.05, 3.63) is 141 Å². The van der Waals surface area contributed by atoms with Crippen LogP contribution < -0.4 is 26.7 Å². The molecule has 12 nitrogen and oxygen atoms in total. The van der Waals surface area contributed by atoms with E-state index in [1.165, 1.54) is 37.1 Å². The van der Waals surface area contributed by atoms with Crippen molar-refractivity contribution in [3.8, 4) is 44.8 Å². The van der Waals surface area contributed by atoms with Gasteiger partial charge in [0.2, 0.25) is 11.9 Å². The normalized spacial score (nSPS) is 16.7. The van der Waals surface area contributed by atoms with E-state index in [0.29, 0.717) is 31.4 Å². The van der Waals surface area contributed by atoms with Crippen molar-refractivity contribution < 1.29 is 0 Å². The number of nitrogens with one attached hydrogen (secondary N) is 2. The summed E-state index contributed by atoms with van der Waals surface area (Å²) in [4.78, 5) is 50.1.